The topological polar surface area (TPSA) is 84.9 Å². The summed E-state index contributed by atoms with van der Waals surface area (Å²) in [5.41, 5.74) is 1.69. The molecule has 0 aromatic heterocycles. The van der Waals surface area contributed by atoms with Gasteiger partial charge in [0, 0.05) is 23.8 Å². The van der Waals surface area contributed by atoms with Gasteiger partial charge in [0.2, 0.25) is 15.9 Å². The molecule has 1 N–H and O–H groups in total. The van der Waals surface area contributed by atoms with Gasteiger partial charge in [0.1, 0.15) is 23.0 Å². The lowest BCUT2D eigenvalue weighted by Gasteiger charge is -2.31. The number of piperidine rings is 1. The number of hydrogen-bond donors (Lipinski definition) is 1. The Balaban J connectivity index is 1.38. The van der Waals surface area contributed by atoms with Gasteiger partial charge in [-0.05, 0) is 60.9 Å². The van der Waals surface area contributed by atoms with E-state index in [1.165, 1.54) is 23.5 Å². The molecule has 0 unspecified atom stereocenters. The third-order valence-electron chi connectivity index (χ3n) is 5.87. The maximum Gasteiger partial charge on any atom is 0.246 e. The summed E-state index contributed by atoms with van der Waals surface area (Å²) in [5, 5.41) is 3.19. The minimum atomic E-state index is -3.87. The molecule has 0 spiro atoms. The highest BCUT2D eigenvalue weighted by atomic mass is 35.5. The quantitative estimate of drug-likeness (QED) is 0.459. The van der Waals surface area contributed by atoms with Crippen LogP contribution in [0.1, 0.15) is 18.4 Å². The van der Waals surface area contributed by atoms with E-state index in [0.717, 1.165) is 5.56 Å². The van der Waals surface area contributed by atoms with Crippen molar-refractivity contribution in [3.63, 3.8) is 0 Å². The molecule has 1 aliphatic rings. The van der Waals surface area contributed by atoms with Gasteiger partial charge >= 0.3 is 0 Å². The van der Waals surface area contributed by atoms with Gasteiger partial charge in [0.25, 0.3) is 0 Å². The standard InChI is InChI=1S/C26H27ClN2O5S/c1-33-24-14-9-21(27)16-25(24)35(31,32)29-15-5-8-20(17-29)26(30)28-22-10-12-23(13-11-22)34-18-19-6-3-2-4-7-19/h2-4,6-7,9-14,16,20H,5,8,15,17-18H2,1H3,(H,28,30)/t20-/m1/s1. The molecule has 1 saturated heterocycles. The molecule has 35 heavy (non-hydrogen) atoms. The minimum Gasteiger partial charge on any atom is -0.495 e. The molecule has 7 nitrogen and oxygen atoms in total. The maximum atomic E-state index is 13.3. The first-order chi connectivity index (χ1) is 16.9. The molecule has 1 fully saturated rings. The number of carbonyl (C=O) groups is 1. The van der Waals surface area contributed by atoms with E-state index < -0.39 is 15.9 Å². The average Bonchev–Trinajstić information content (AvgIpc) is 2.89. The number of ether oxygens (including phenoxy) is 2. The van der Waals surface area contributed by atoms with Crippen LogP contribution in [0.4, 0.5) is 5.69 Å². The summed E-state index contributed by atoms with van der Waals surface area (Å²) in [5.74, 6) is 0.214. The van der Waals surface area contributed by atoms with Crippen molar-refractivity contribution in [1.29, 1.82) is 0 Å². The number of halogens is 1. The van der Waals surface area contributed by atoms with Crippen LogP contribution in [0, 0.1) is 5.92 Å². The average molecular weight is 515 g/mol. The van der Waals surface area contributed by atoms with Crippen LogP contribution in [0.5, 0.6) is 11.5 Å². The van der Waals surface area contributed by atoms with Crippen molar-refractivity contribution < 1.29 is 22.7 Å². The molecule has 1 heterocycles. The Morgan fingerprint density at radius 3 is 2.54 bits per heavy atom. The Morgan fingerprint density at radius 2 is 1.83 bits per heavy atom. The predicted molar refractivity (Wildman–Crippen MR) is 135 cm³/mol. The fourth-order valence-corrected chi connectivity index (χ4v) is 5.93. The number of hydrogen-bond acceptors (Lipinski definition) is 5. The zero-order valence-corrected chi connectivity index (χ0v) is 20.9. The summed E-state index contributed by atoms with van der Waals surface area (Å²) in [6, 6.07) is 21.5. The number of nitrogens with one attached hydrogen (secondary N) is 1. The summed E-state index contributed by atoms with van der Waals surface area (Å²) in [4.78, 5) is 12.9. The molecule has 1 atom stereocenters. The number of methoxy groups -OCH3 is 1. The number of sulfonamides is 1. The molecule has 4 rings (SSSR count). The highest BCUT2D eigenvalue weighted by molar-refractivity contribution is 7.89. The van der Waals surface area contributed by atoms with E-state index in [1.54, 1.807) is 30.3 Å². The number of anilines is 1. The lowest BCUT2D eigenvalue weighted by molar-refractivity contribution is -0.120. The van der Waals surface area contributed by atoms with Crippen LogP contribution in [0.15, 0.2) is 77.7 Å². The van der Waals surface area contributed by atoms with Crippen molar-refractivity contribution in [1.82, 2.24) is 4.31 Å². The van der Waals surface area contributed by atoms with Crippen LogP contribution < -0.4 is 14.8 Å². The van der Waals surface area contributed by atoms with Crippen molar-refractivity contribution in [2.24, 2.45) is 5.92 Å². The van der Waals surface area contributed by atoms with Gasteiger partial charge in [0.15, 0.2) is 0 Å². The SMILES string of the molecule is COc1ccc(Cl)cc1S(=O)(=O)N1CCC[C@@H](C(=O)Nc2ccc(OCc3ccccc3)cc2)C1. The molecule has 0 bridgehead atoms. The number of amides is 1. The first-order valence-electron chi connectivity index (χ1n) is 11.3. The predicted octanol–water partition coefficient (Wildman–Crippen LogP) is 4.97. The van der Waals surface area contributed by atoms with Gasteiger partial charge in [-0.15, -0.1) is 0 Å². The molecule has 0 saturated carbocycles. The smallest absolute Gasteiger partial charge is 0.246 e. The van der Waals surface area contributed by atoms with E-state index in [2.05, 4.69) is 5.32 Å². The van der Waals surface area contributed by atoms with Gasteiger partial charge < -0.3 is 14.8 Å². The Kier molecular flexibility index (Phi) is 7.95. The summed E-state index contributed by atoms with van der Waals surface area (Å²) < 4.78 is 38.9. The summed E-state index contributed by atoms with van der Waals surface area (Å²) in [6.07, 6.45) is 1.18. The normalized spacial score (nSPS) is 16.5. The maximum absolute atomic E-state index is 13.3. The van der Waals surface area contributed by atoms with Gasteiger partial charge in [-0.3, -0.25) is 4.79 Å². The monoisotopic (exact) mass is 514 g/mol. The van der Waals surface area contributed by atoms with E-state index in [-0.39, 0.29) is 23.1 Å². The fourth-order valence-electron chi connectivity index (χ4n) is 3.99. The Bertz CT molecular complexity index is 1270. The zero-order chi connectivity index (χ0) is 24.8. The molecular formula is C26H27ClN2O5S. The second kappa shape index (κ2) is 11.1. The molecular weight excluding hydrogens is 488 g/mol. The zero-order valence-electron chi connectivity index (χ0n) is 19.3. The Labute approximate surface area is 210 Å². The lowest BCUT2D eigenvalue weighted by Crippen LogP contribution is -2.43. The largest absolute Gasteiger partial charge is 0.495 e. The molecule has 9 heteroatoms. The lowest BCUT2D eigenvalue weighted by atomic mass is 9.99. The summed E-state index contributed by atoms with van der Waals surface area (Å²) in [7, 11) is -2.46. The van der Waals surface area contributed by atoms with E-state index >= 15 is 0 Å². The second-order valence-corrected chi connectivity index (χ2v) is 10.6. The van der Waals surface area contributed by atoms with Crippen LogP contribution in [0.25, 0.3) is 0 Å². The molecule has 0 aliphatic carbocycles. The Hall–Kier alpha value is -3.07. The van der Waals surface area contributed by atoms with Crippen molar-refractivity contribution in [3.05, 3.63) is 83.4 Å². The van der Waals surface area contributed by atoms with Gasteiger partial charge in [-0.25, -0.2) is 8.42 Å². The first kappa shape index (κ1) is 25.0. The van der Waals surface area contributed by atoms with E-state index in [9.17, 15) is 13.2 Å². The second-order valence-electron chi connectivity index (χ2n) is 8.29. The van der Waals surface area contributed by atoms with Crippen molar-refractivity contribution in [3.8, 4) is 11.5 Å². The Morgan fingerprint density at radius 1 is 1.09 bits per heavy atom. The fraction of sp³-hybridized carbons (Fsp3) is 0.269. The minimum absolute atomic E-state index is 0.000324. The first-order valence-corrected chi connectivity index (χ1v) is 13.1. The highest BCUT2D eigenvalue weighted by Crippen LogP contribution is 2.32. The van der Waals surface area contributed by atoms with Gasteiger partial charge in [0.05, 0.1) is 13.0 Å². The van der Waals surface area contributed by atoms with Crippen LogP contribution >= 0.6 is 11.6 Å². The number of nitrogens with zero attached hydrogens (tertiary/aromatic N) is 1. The number of benzene rings is 3. The van der Waals surface area contributed by atoms with Crippen LogP contribution in [-0.4, -0.2) is 38.8 Å². The van der Waals surface area contributed by atoms with Crippen molar-refractivity contribution in [2.45, 2.75) is 24.3 Å². The van der Waals surface area contributed by atoms with E-state index in [0.29, 0.717) is 42.5 Å². The molecule has 184 valence electrons. The van der Waals surface area contributed by atoms with Gasteiger partial charge in [-0.1, -0.05) is 41.9 Å². The molecule has 3 aromatic carbocycles. The summed E-state index contributed by atoms with van der Waals surface area (Å²) in [6.45, 7) is 0.869. The van der Waals surface area contributed by atoms with Crippen LogP contribution in [0.3, 0.4) is 0 Å². The van der Waals surface area contributed by atoms with Crippen molar-refractivity contribution >= 4 is 33.2 Å². The summed E-state index contributed by atoms with van der Waals surface area (Å²) >= 11 is 6.04. The number of rotatable bonds is 8. The van der Waals surface area contributed by atoms with Crippen molar-refractivity contribution in [2.75, 3.05) is 25.5 Å². The third kappa shape index (κ3) is 6.14. The molecule has 3 aromatic rings. The van der Waals surface area contributed by atoms with Crippen LogP contribution in [0.2, 0.25) is 5.02 Å². The number of carbonyl (C=O) groups excluding carboxylic acids is 1. The highest BCUT2D eigenvalue weighted by Gasteiger charge is 2.35. The third-order valence-corrected chi connectivity index (χ3v) is 7.99. The molecule has 0 radical (unpaired) electrons. The van der Waals surface area contributed by atoms with E-state index in [4.69, 9.17) is 21.1 Å². The molecule has 1 aliphatic heterocycles. The van der Waals surface area contributed by atoms with Gasteiger partial charge in [-0.2, -0.15) is 4.31 Å². The van der Waals surface area contributed by atoms with E-state index in [1.807, 2.05) is 30.3 Å². The molecule has 1 amide bonds. The van der Waals surface area contributed by atoms with Crippen LogP contribution in [-0.2, 0) is 21.4 Å².